The fourth-order valence-corrected chi connectivity index (χ4v) is 3.63. The van der Waals surface area contributed by atoms with Crippen LogP contribution in [0.1, 0.15) is 45.4 Å². The summed E-state index contributed by atoms with van der Waals surface area (Å²) in [6.45, 7) is 2.83. The van der Waals surface area contributed by atoms with Gasteiger partial charge in [-0.15, -0.1) is 0 Å². The molecule has 2 atom stereocenters. The molecule has 17 heavy (non-hydrogen) atoms. The summed E-state index contributed by atoms with van der Waals surface area (Å²) in [7, 11) is 0. The number of halogens is 1. The van der Waals surface area contributed by atoms with E-state index in [9.17, 15) is 4.79 Å². The summed E-state index contributed by atoms with van der Waals surface area (Å²) in [6, 6.07) is 0. The molecule has 2 fully saturated rings. The van der Waals surface area contributed by atoms with Crippen LogP contribution in [0.3, 0.4) is 0 Å². The number of ether oxygens (including phenoxy) is 1. The first-order valence-corrected chi connectivity index (χ1v) is 7.76. The van der Waals surface area contributed by atoms with Gasteiger partial charge < -0.3 is 10.1 Å². The summed E-state index contributed by atoms with van der Waals surface area (Å²) >= 11 is 3.59. The highest BCUT2D eigenvalue weighted by atomic mass is 79.9. The molecule has 1 aliphatic carbocycles. The van der Waals surface area contributed by atoms with Crippen LogP contribution in [0.2, 0.25) is 0 Å². The second-order valence-electron chi connectivity index (χ2n) is 5.57. The molecule has 1 saturated carbocycles. The summed E-state index contributed by atoms with van der Waals surface area (Å²) in [6.07, 6.45) is 6.93. The highest BCUT2D eigenvalue weighted by Gasteiger charge is 2.35. The van der Waals surface area contributed by atoms with Crippen molar-refractivity contribution in [1.29, 1.82) is 0 Å². The maximum atomic E-state index is 12.0. The minimum atomic E-state index is -0.209. The molecule has 2 aliphatic rings. The Hall–Kier alpha value is -0.0900. The number of nitrogens with one attached hydrogen (secondary N) is 1. The molecule has 2 unspecified atom stereocenters. The molecular formula is C13H22BrNO2. The number of hydrogen-bond acceptors (Lipinski definition) is 2. The van der Waals surface area contributed by atoms with E-state index in [4.69, 9.17) is 4.74 Å². The van der Waals surface area contributed by atoms with Gasteiger partial charge in [-0.05, 0) is 38.0 Å². The maximum absolute atomic E-state index is 12.0. The summed E-state index contributed by atoms with van der Waals surface area (Å²) < 4.78 is 5.58. The average molecular weight is 304 g/mol. The van der Waals surface area contributed by atoms with Crippen LogP contribution in [0.25, 0.3) is 0 Å². The molecule has 1 heterocycles. The van der Waals surface area contributed by atoms with Crippen LogP contribution in [0.4, 0.5) is 0 Å². The van der Waals surface area contributed by atoms with Crippen molar-refractivity contribution in [3.63, 3.8) is 0 Å². The van der Waals surface area contributed by atoms with Gasteiger partial charge in [0.15, 0.2) is 0 Å². The van der Waals surface area contributed by atoms with Gasteiger partial charge in [-0.1, -0.05) is 28.8 Å². The van der Waals surface area contributed by atoms with E-state index in [0.717, 1.165) is 24.7 Å². The third-order valence-electron chi connectivity index (χ3n) is 4.11. The van der Waals surface area contributed by atoms with Crippen molar-refractivity contribution < 1.29 is 9.53 Å². The Labute approximate surface area is 112 Å². The molecule has 0 aromatic heterocycles. The third-order valence-corrected chi connectivity index (χ3v) is 5.30. The molecule has 4 heteroatoms. The van der Waals surface area contributed by atoms with Crippen LogP contribution in [0.5, 0.6) is 0 Å². The van der Waals surface area contributed by atoms with E-state index in [1.807, 2.05) is 6.92 Å². The lowest BCUT2D eigenvalue weighted by molar-refractivity contribution is -0.132. The van der Waals surface area contributed by atoms with E-state index >= 15 is 0 Å². The third kappa shape index (κ3) is 3.22. The highest BCUT2D eigenvalue weighted by Crippen LogP contribution is 2.39. The topological polar surface area (TPSA) is 38.3 Å². The lowest BCUT2D eigenvalue weighted by atomic mass is 9.89. The summed E-state index contributed by atoms with van der Waals surface area (Å²) in [5.74, 6) is 0.0848. The quantitative estimate of drug-likeness (QED) is 0.811. The Morgan fingerprint density at radius 2 is 2.12 bits per heavy atom. The molecule has 0 aromatic rings. The number of amides is 1. The van der Waals surface area contributed by atoms with E-state index in [1.165, 1.54) is 25.7 Å². The Morgan fingerprint density at radius 1 is 1.41 bits per heavy atom. The highest BCUT2D eigenvalue weighted by molar-refractivity contribution is 9.09. The number of alkyl halides is 1. The molecule has 1 amide bonds. The number of rotatable bonds is 4. The zero-order chi connectivity index (χ0) is 12.3. The van der Waals surface area contributed by atoms with E-state index < -0.39 is 0 Å². The molecule has 1 aliphatic heterocycles. The minimum Gasteiger partial charge on any atom is -0.365 e. The first-order valence-electron chi connectivity index (χ1n) is 6.64. The maximum Gasteiger partial charge on any atom is 0.249 e. The van der Waals surface area contributed by atoms with Gasteiger partial charge >= 0.3 is 0 Å². The second kappa shape index (κ2) is 5.70. The summed E-state index contributed by atoms with van der Waals surface area (Å²) in [4.78, 5) is 12.0. The van der Waals surface area contributed by atoms with Crippen LogP contribution in [-0.4, -0.2) is 30.0 Å². The lowest BCUT2D eigenvalue weighted by Crippen LogP contribution is -2.41. The van der Waals surface area contributed by atoms with E-state index in [1.54, 1.807) is 0 Å². The Kier molecular flexibility index (Phi) is 4.47. The first-order chi connectivity index (χ1) is 8.15. The molecule has 0 aromatic carbocycles. The van der Waals surface area contributed by atoms with Gasteiger partial charge in [-0.3, -0.25) is 4.79 Å². The molecule has 0 bridgehead atoms. The van der Waals surface area contributed by atoms with Gasteiger partial charge in [0.1, 0.15) is 6.10 Å². The van der Waals surface area contributed by atoms with Crippen LogP contribution in [-0.2, 0) is 9.53 Å². The summed E-state index contributed by atoms with van der Waals surface area (Å²) in [5.41, 5.74) is 0.292. The minimum absolute atomic E-state index is 0.0848. The van der Waals surface area contributed by atoms with Gasteiger partial charge in [0.25, 0.3) is 0 Å². The monoisotopic (exact) mass is 303 g/mol. The van der Waals surface area contributed by atoms with E-state index in [-0.39, 0.29) is 18.1 Å². The fraction of sp³-hybridized carbons (Fsp3) is 0.923. The molecular weight excluding hydrogens is 282 g/mol. The smallest absolute Gasteiger partial charge is 0.249 e. The van der Waals surface area contributed by atoms with Crippen LogP contribution >= 0.6 is 15.9 Å². The van der Waals surface area contributed by atoms with Gasteiger partial charge in [-0.2, -0.15) is 0 Å². The SMILES string of the molecule is CC1CCC(C(=O)NCC2(CBr)CCCC2)O1. The van der Waals surface area contributed by atoms with Crippen molar-refractivity contribution >= 4 is 21.8 Å². The molecule has 98 valence electrons. The van der Waals surface area contributed by atoms with Crippen molar-refractivity contribution in [3.8, 4) is 0 Å². The Morgan fingerprint density at radius 3 is 2.65 bits per heavy atom. The molecule has 1 N–H and O–H groups in total. The molecule has 0 radical (unpaired) electrons. The normalized spacial score (nSPS) is 31.6. The molecule has 3 nitrogen and oxygen atoms in total. The van der Waals surface area contributed by atoms with E-state index in [2.05, 4.69) is 21.2 Å². The second-order valence-corrected chi connectivity index (χ2v) is 6.13. The van der Waals surface area contributed by atoms with Crippen molar-refractivity contribution in [1.82, 2.24) is 5.32 Å². The molecule has 1 saturated heterocycles. The fourth-order valence-electron chi connectivity index (χ4n) is 2.87. The van der Waals surface area contributed by atoms with Crippen molar-refractivity contribution in [2.24, 2.45) is 5.41 Å². The summed E-state index contributed by atoms with van der Waals surface area (Å²) in [5, 5.41) is 4.07. The van der Waals surface area contributed by atoms with Crippen LogP contribution in [0, 0.1) is 5.41 Å². The molecule has 0 spiro atoms. The molecule has 2 rings (SSSR count). The van der Waals surface area contributed by atoms with Crippen molar-refractivity contribution in [2.75, 3.05) is 11.9 Å². The lowest BCUT2D eigenvalue weighted by Gasteiger charge is -2.27. The number of carbonyl (C=O) groups is 1. The standard InChI is InChI=1S/C13H22BrNO2/c1-10-4-5-11(17-10)12(16)15-9-13(8-14)6-2-3-7-13/h10-11H,2-9H2,1H3,(H,15,16). The first kappa shape index (κ1) is 13.3. The number of carbonyl (C=O) groups excluding carboxylic acids is 1. The van der Waals surface area contributed by atoms with Gasteiger partial charge in [0.2, 0.25) is 5.91 Å². The van der Waals surface area contributed by atoms with Crippen LogP contribution in [0.15, 0.2) is 0 Å². The zero-order valence-corrected chi connectivity index (χ0v) is 12.1. The van der Waals surface area contributed by atoms with E-state index in [0.29, 0.717) is 5.41 Å². The van der Waals surface area contributed by atoms with Crippen molar-refractivity contribution in [2.45, 2.75) is 57.7 Å². The van der Waals surface area contributed by atoms with Gasteiger partial charge in [0.05, 0.1) is 6.10 Å². The van der Waals surface area contributed by atoms with Crippen molar-refractivity contribution in [3.05, 3.63) is 0 Å². The average Bonchev–Trinajstić information content (AvgIpc) is 2.95. The van der Waals surface area contributed by atoms with Gasteiger partial charge in [-0.25, -0.2) is 0 Å². The predicted molar refractivity (Wildman–Crippen MR) is 71.3 cm³/mol. The van der Waals surface area contributed by atoms with Crippen LogP contribution < -0.4 is 5.32 Å². The van der Waals surface area contributed by atoms with Gasteiger partial charge in [0, 0.05) is 11.9 Å². The zero-order valence-electron chi connectivity index (χ0n) is 10.5. The predicted octanol–water partition coefficient (Wildman–Crippen LogP) is 2.63. The largest absolute Gasteiger partial charge is 0.365 e. The Bertz CT molecular complexity index is 277. The Balaban J connectivity index is 1.79. The number of hydrogen-bond donors (Lipinski definition) is 1.